The van der Waals surface area contributed by atoms with Gasteiger partial charge in [0.05, 0.1) is 11.1 Å². The van der Waals surface area contributed by atoms with Crippen LogP contribution in [0.4, 0.5) is 0 Å². The number of hydrogen-bond donors (Lipinski definition) is 3. The topological polar surface area (TPSA) is 172 Å². The first-order chi connectivity index (χ1) is 15.3. The molecule has 168 valence electrons. The number of carbonyl (C=O) groups excluding carboxylic acids is 2. The van der Waals surface area contributed by atoms with Crippen LogP contribution in [0, 0.1) is 0 Å². The van der Waals surface area contributed by atoms with Crippen molar-refractivity contribution >= 4 is 23.9 Å². The predicted molar refractivity (Wildman–Crippen MR) is 106 cm³/mol. The predicted octanol–water partition coefficient (Wildman–Crippen LogP) is 1.36. The molecule has 0 aliphatic carbocycles. The van der Waals surface area contributed by atoms with Crippen LogP contribution >= 0.6 is 0 Å². The molecule has 0 fully saturated rings. The Balaban J connectivity index is 0.000000520. The van der Waals surface area contributed by atoms with Crippen molar-refractivity contribution in [1.82, 2.24) is 0 Å². The van der Waals surface area contributed by atoms with Crippen molar-refractivity contribution in [3.05, 3.63) is 83.9 Å². The van der Waals surface area contributed by atoms with Crippen LogP contribution < -0.4 is 5.73 Å². The van der Waals surface area contributed by atoms with Gasteiger partial charge in [0.15, 0.2) is 0 Å². The van der Waals surface area contributed by atoms with Crippen molar-refractivity contribution in [2.45, 2.75) is 12.2 Å². The van der Waals surface area contributed by atoms with E-state index >= 15 is 0 Å². The van der Waals surface area contributed by atoms with Crippen LogP contribution in [0.25, 0.3) is 0 Å². The Labute approximate surface area is 181 Å². The summed E-state index contributed by atoms with van der Waals surface area (Å²) in [5.74, 6) is -5.28. The molecule has 1 heterocycles. The second-order valence-electron chi connectivity index (χ2n) is 6.01. The van der Waals surface area contributed by atoms with E-state index in [0.717, 1.165) is 0 Å². The number of aliphatic carboxylic acids is 2. The average molecular weight is 445 g/mol. The van der Waals surface area contributed by atoms with Gasteiger partial charge in [0.25, 0.3) is 0 Å². The second kappa shape index (κ2) is 11.6. The largest absolute Gasteiger partial charge is 0.478 e. The molecule has 1 aliphatic heterocycles. The number of esters is 2. The minimum atomic E-state index is -2.21. The third-order valence-corrected chi connectivity index (χ3v) is 3.74. The molecule has 0 spiro atoms. The van der Waals surface area contributed by atoms with Gasteiger partial charge >= 0.3 is 23.9 Å². The van der Waals surface area contributed by atoms with Gasteiger partial charge in [0.1, 0.15) is 6.26 Å². The molecule has 0 amide bonds. The maximum Gasteiger partial charge on any atom is 0.349 e. The van der Waals surface area contributed by atoms with Crippen molar-refractivity contribution in [2.75, 3.05) is 6.79 Å². The summed E-state index contributed by atoms with van der Waals surface area (Å²) < 4.78 is 18.6. The summed E-state index contributed by atoms with van der Waals surface area (Å²) >= 11 is 0. The molecule has 11 nitrogen and oxygen atoms in total. The van der Waals surface area contributed by atoms with Crippen molar-refractivity contribution in [2.24, 2.45) is 5.73 Å². The number of rotatable bonds is 7. The number of nitrogens with two attached hydrogens (primary N) is 1. The fraction of sp³-hybridized carbons (Fsp3) is 0.143. The summed E-state index contributed by atoms with van der Waals surface area (Å²) in [4.78, 5) is 46.8. The van der Waals surface area contributed by atoms with Crippen LogP contribution in [0.5, 0.6) is 0 Å². The van der Waals surface area contributed by atoms with E-state index in [-0.39, 0.29) is 17.9 Å². The summed E-state index contributed by atoms with van der Waals surface area (Å²) in [6, 6.07) is 14.8. The first-order valence-electron chi connectivity index (χ1n) is 8.97. The van der Waals surface area contributed by atoms with Crippen LogP contribution in [0.15, 0.2) is 72.8 Å². The molecular weight excluding hydrogens is 426 g/mol. The molecule has 2 atom stereocenters. The SMILES string of the molecule is NC1=COCO1.O=C(O[C@@H](C(=O)O)[C@@H](OC(=O)c1ccccc1)C(=O)O)c1ccccc1. The van der Waals surface area contributed by atoms with Crippen molar-refractivity contribution < 1.29 is 48.3 Å². The quantitative estimate of drug-likeness (QED) is 0.525. The van der Waals surface area contributed by atoms with E-state index in [1.54, 1.807) is 12.1 Å². The molecule has 0 radical (unpaired) electrons. The number of carbonyl (C=O) groups is 4. The third-order valence-electron chi connectivity index (χ3n) is 3.74. The number of ether oxygens (including phenoxy) is 4. The number of benzene rings is 2. The smallest absolute Gasteiger partial charge is 0.349 e. The molecule has 0 unspecified atom stereocenters. The zero-order valence-electron chi connectivity index (χ0n) is 16.5. The Morgan fingerprint density at radius 3 is 1.44 bits per heavy atom. The molecule has 3 rings (SSSR count). The molecule has 32 heavy (non-hydrogen) atoms. The highest BCUT2D eigenvalue weighted by atomic mass is 16.7. The molecular formula is C21H19NO10. The third kappa shape index (κ3) is 7.06. The van der Waals surface area contributed by atoms with Gasteiger partial charge in [-0.1, -0.05) is 36.4 Å². The standard InChI is InChI=1S/C18H14O8.C3H5NO2/c19-15(20)13(25-17(23)11-7-3-1-4-8-11)14(16(21)22)26-18(24)12-9-5-2-6-10-12;4-3-1-5-2-6-3/h1-10,13-14H,(H,19,20)(H,21,22);1H,2,4H2/t13-,14-;/m1./s1. The number of hydrogen-bond acceptors (Lipinski definition) is 9. The molecule has 2 aromatic rings. The number of carboxylic acid groups (broad SMARTS) is 2. The molecule has 11 heteroatoms. The maximum absolute atomic E-state index is 12.0. The second-order valence-corrected chi connectivity index (χ2v) is 6.01. The van der Waals surface area contributed by atoms with Crippen molar-refractivity contribution in [1.29, 1.82) is 0 Å². The van der Waals surface area contributed by atoms with Crippen LogP contribution in [-0.2, 0) is 28.5 Å². The van der Waals surface area contributed by atoms with Gasteiger partial charge in [-0.15, -0.1) is 0 Å². The van der Waals surface area contributed by atoms with Gasteiger partial charge in [0, 0.05) is 0 Å². The average Bonchev–Trinajstić information content (AvgIpc) is 3.28. The lowest BCUT2D eigenvalue weighted by Crippen LogP contribution is -2.45. The Kier molecular flexibility index (Phi) is 8.60. The van der Waals surface area contributed by atoms with E-state index in [2.05, 4.69) is 9.47 Å². The molecule has 0 saturated carbocycles. The Bertz CT molecular complexity index is 905. The fourth-order valence-corrected chi connectivity index (χ4v) is 2.25. The molecule has 4 N–H and O–H groups in total. The molecule has 1 aliphatic rings. The highest BCUT2D eigenvalue weighted by Gasteiger charge is 2.40. The monoisotopic (exact) mass is 445 g/mol. The highest BCUT2D eigenvalue weighted by molar-refractivity contribution is 5.95. The van der Waals surface area contributed by atoms with Crippen molar-refractivity contribution in [3.8, 4) is 0 Å². The molecule has 0 saturated heterocycles. The summed E-state index contributed by atoms with van der Waals surface area (Å²) in [7, 11) is 0. The van der Waals surface area contributed by atoms with E-state index in [1.165, 1.54) is 54.8 Å². The van der Waals surface area contributed by atoms with Gasteiger partial charge in [-0.2, -0.15) is 0 Å². The fourth-order valence-electron chi connectivity index (χ4n) is 2.25. The van der Waals surface area contributed by atoms with E-state index in [0.29, 0.717) is 5.88 Å². The molecule has 0 bridgehead atoms. The lowest BCUT2D eigenvalue weighted by Gasteiger charge is -2.21. The van der Waals surface area contributed by atoms with Gasteiger partial charge in [-0.3, -0.25) is 0 Å². The Morgan fingerprint density at radius 2 is 1.19 bits per heavy atom. The Hall–Kier alpha value is -4.54. The van der Waals surface area contributed by atoms with E-state index in [9.17, 15) is 29.4 Å². The van der Waals surface area contributed by atoms with Gasteiger partial charge in [-0.25, -0.2) is 19.2 Å². The van der Waals surface area contributed by atoms with Gasteiger partial charge < -0.3 is 34.9 Å². The minimum absolute atomic E-state index is 0.0253. The zero-order chi connectivity index (χ0) is 23.5. The number of carboxylic acids is 2. The van der Waals surface area contributed by atoms with E-state index < -0.39 is 36.1 Å². The summed E-state index contributed by atoms with van der Waals surface area (Å²) in [6.45, 7) is 0.270. The molecule has 0 aromatic heterocycles. The normalized spacial score (nSPS) is 13.6. The zero-order valence-corrected chi connectivity index (χ0v) is 16.5. The van der Waals surface area contributed by atoms with E-state index in [1.807, 2.05) is 0 Å². The summed E-state index contributed by atoms with van der Waals surface area (Å²) in [5, 5.41) is 18.5. The van der Waals surface area contributed by atoms with Crippen LogP contribution in [0.2, 0.25) is 0 Å². The highest BCUT2D eigenvalue weighted by Crippen LogP contribution is 2.13. The first kappa shape index (κ1) is 23.7. The lowest BCUT2D eigenvalue weighted by molar-refractivity contribution is -0.166. The van der Waals surface area contributed by atoms with Crippen LogP contribution in [0.1, 0.15) is 20.7 Å². The minimum Gasteiger partial charge on any atom is -0.478 e. The maximum atomic E-state index is 12.0. The van der Waals surface area contributed by atoms with Crippen molar-refractivity contribution in [3.63, 3.8) is 0 Å². The van der Waals surface area contributed by atoms with Crippen LogP contribution in [0.3, 0.4) is 0 Å². The van der Waals surface area contributed by atoms with E-state index in [4.69, 9.17) is 15.2 Å². The Morgan fingerprint density at radius 1 is 0.781 bits per heavy atom. The summed E-state index contributed by atoms with van der Waals surface area (Å²) in [6.07, 6.45) is -3.05. The first-order valence-corrected chi connectivity index (χ1v) is 8.97. The summed E-state index contributed by atoms with van der Waals surface area (Å²) in [5.41, 5.74) is 5.10. The van der Waals surface area contributed by atoms with Gasteiger partial charge in [-0.05, 0) is 24.3 Å². The molecule has 2 aromatic carbocycles. The van der Waals surface area contributed by atoms with Gasteiger partial charge in [0.2, 0.25) is 24.9 Å². The van der Waals surface area contributed by atoms with Crippen LogP contribution in [-0.4, -0.2) is 53.1 Å². The lowest BCUT2D eigenvalue weighted by atomic mass is 10.1.